The van der Waals surface area contributed by atoms with Crippen LogP contribution in [0.4, 0.5) is 23.2 Å². The Bertz CT molecular complexity index is 1670. The number of anilines is 1. The predicted octanol–water partition coefficient (Wildman–Crippen LogP) is 7.09. The number of benzene rings is 3. The minimum absolute atomic E-state index is 0.102. The summed E-state index contributed by atoms with van der Waals surface area (Å²) in [5.41, 5.74) is 8.00. The minimum atomic E-state index is -4.65. The third kappa shape index (κ3) is 5.37. The SMILES string of the molecule is CSc1cc(-c2ccc(-n3cc(C(F)(F)F)nc3C)c(N(N)/C(=C\N)C3(c4ccc(Cl)cc4)CC3)c2)cc(F)c1CO. The average molecular weight is 618 g/mol. The molecule has 0 unspecified atom stereocenters. The van der Waals surface area contributed by atoms with Gasteiger partial charge in [-0.1, -0.05) is 29.8 Å². The number of allylic oxidation sites excluding steroid dienone is 1. The lowest BCUT2D eigenvalue weighted by atomic mass is 9.91. The van der Waals surface area contributed by atoms with Gasteiger partial charge in [0.2, 0.25) is 0 Å². The Labute approximate surface area is 249 Å². The lowest BCUT2D eigenvalue weighted by molar-refractivity contribution is -0.141. The maximum absolute atomic E-state index is 15.0. The summed E-state index contributed by atoms with van der Waals surface area (Å²) < 4.78 is 57.0. The zero-order chi connectivity index (χ0) is 30.4. The Morgan fingerprint density at radius 3 is 2.38 bits per heavy atom. The molecule has 3 aromatic carbocycles. The molecule has 12 heteroatoms. The zero-order valence-electron chi connectivity index (χ0n) is 22.7. The number of hydrogen-bond donors (Lipinski definition) is 3. The van der Waals surface area contributed by atoms with E-state index in [1.807, 2.05) is 12.1 Å². The number of rotatable bonds is 8. The third-order valence-electron chi connectivity index (χ3n) is 7.59. The van der Waals surface area contributed by atoms with Crippen molar-refractivity contribution in [3.63, 3.8) is 0 Å². The maximum Gasteiger partial charge on any atom is 0.434 e. The molecule has 5 N–H and O–H groups in total. The first kappa shape index (κ1) is 30.0. The fourth-order valence-corrected chi connectivity index (χ4v) is 6.03. The molecule has 5 rings (SSSR count). The van der Waals surface area contributed by atoms with E-state index < -0.39 is 29.7 Å². The number of aliphatic hydroxyl groups is 1. The van der Waals surface area contributed by atoms with Crippen molar-refractivity contribution in [1.82, 2.24) is 9.55 Å². The highest BCUT2D eigenvalue weighted by Crippen LogP contribution is 2.55. The maximum atomic E-state index is 15.0. The molecule has 1 aromatic heterocycles. The average Bonchev–Trinajstić information content (AvgIpc) is 3.65. The number of aryl methyl sites for hydroxylation is 1. The van der Waals surface area contributed by atoms with Crippen LogP contribution in [-0.2, 0) is 18.2 Å². The third-order valence-corrected chi connectivity index (χ3v) is 8.64. The van der Waals surface area contributed by atoms with E-state index in [-0.39, 0.29) is 11.4 Å². The van der Waals surface area contributed by atoms with E-state index in [9.17, 15) is 22.7 Å². The largest absolute Gasteiger partial charge is 0.434 e. The Hall–Kier alpha value is -3.51. The molecule has 0 amide bonds. The van der Waals surface area contributed by atoms with Crippen molar-refractivity contribution in [3.8, 4) is 16.8 Å². The van der Waals surface area contributed by atoms with Crippen LogP contribution in [0, 0.1) is 12.7 Å². The number of imidazole rings is 1. The van der Waals surface area contributed by atoms with Gasteiger partial charge in [-0.25, -0.2) is 15.2 Å². The molecule has 1 fully saturated rings. The molecule has 1 heterocycles. The molecule has 42 heavy (non-hydrogen) atoms. The van der Waals surface area contributed by atoms with Crippen molar-refractivity contribution in [2.75, 3.05) is 11.3 Å². The van der Waals surface area contributed by atoms with Gasteiger partial charge in [0.05, 0.1) is 23.7 Å². The minimum Gasteiger partial charge on any atom is -0.403 e. The Morgan fingerprint density at radius 1 is 1.14 bits per heavy atom. The molecule has 0 bridgehead atoms. The molecular weight excluding hydrogens is 590 g/mol. The van der Waals surface area contributed by atoms with Crippen molar-refractivity contribution >= 4 is 29.1 Å². The van der Waals surface area contributed by atoms with Gasteiger partial charge < -0.3 is 15.4 Å². The number of hydrogen-bond acceptors (Lipinski definition) is 6. The number of aromatic nitrogens is 2. The molecule has 6 nitrogen and oxygen atoms in total. The Balaban J connectivity index is 1.69. The summed E-state index contributed by atoms with van der Waals surface area (Å²) >= 11 is 7.40. The fraction of sp³-hybridized carbons (Fsp3) is 0.233. The quantitative estimate of drug-likeness (QED) is 0.0846. The van der Waals surface area contributed by atoms with Gasteiger partial charge in [0.15, 0.2) is 5.69 Å². The second-order valence-electron chi connectivity index (χ2n) is 10.1. The summed E-state index contributed by atoms with van der Waals surface area (Å²) in [5.74, 6) is 6.32. The summed E-state index contributed by atoms with van der Waals surface area (Å²) in [4.78, 5) is 4.29. The van der Waals surface area contributed by atoms with E-state index in [1.54, 1.807) is 42.7 Å². The number of thioether (sulfide) groups is 1. The molecule has 0 radical (unpaired) electrons. The monoisotopic (exact) mass is 617 g/mol. The fourth-order valence-electron chi connectivity index (χ4n) is 5.25. The number of nitrogens with zero attached hydrogens (tertiary/aromatic N) is 3. The summed E-state index contributed by atoms with van der Waals surface area (Å²) in [6.07, 6.45) is 0.940. The van der Waals surface area contributed by atoms with Crippen molar-refractivity contribution in [1.29, 1.82) is 0 Å². The van der Waals surface area contributed by atoms with E-state index in [1.165, 1.54) is 40.5 Å². The molecule has 1 aliphatic carbocycles. The second-order valence-corrected chi connectivity index (χ2v) is 11.3. The first-order chi connectivity index (χ1) is 19.9. The van der Waals surface area contributed by atoms with Crippen molar-refractivity contribution in [3.05, 3.63) is 106 Å². The van der Waals surface area contributed by atoms with Crippen LogP contribution in [0.15, 0.2) is 77.6 Å². The first-order valence-corrected chi connectivity index (χ1v) is 14.5. The van der Waals surface area contributed by atoms with Crippen molar-refractivity contribution < 1.29 is 22.7 Å². The number of aliphatic hydroxyl groups excluding tert-OH is 1. The smallest absolute Gasteiger partial charge is 0.403 e. The highest BCUT2D eigenvalue weighted by Gasteiger charge is 2.50. The van der Waals surface area contributed by atoms with Crippen molar-refractivity contribution in [2.24, 2.45) is 11.6 Å². The van der Waals surface area contributed by atoms with Crippen molar-refractivity contribution in [2.45, 2.75) is 42.9 Å². The van der Waals surface area contributed by atoms with Crippen LogP contribution in [0.5, 0.6) is 0 Å². The van der Waals surface area contributed by atoms with Crippen LogP contribution in [0.3, 0.4) is 0 Å². The Morgan fingerprint density at radius 2 is 1.83 bits per heavy atom. The number of halogens is 5. The lowest BCUT2D eigenvalue weighted by Gasteiger charge is -2.31. The van der Waals surface area contributed by atoms with E-state index in [4.69, 9.17) is 23.2 Å². The van der Waals surface area contributed by atoms with Gasteiger partial charge in [-0.3, -0.25) is 5.01 Å². The highest BCUT2D eigenvalue weighted by atomic mass is 35.5. The number of alkyl halides is 3. The molecular formula is C30H28ClF4N5OS. The molecule has 1 saturated carbocycles. The topological polar surface area (TPSA) is 93.3 Å². The van der Waals surface area contributed by atoms with Gasteiger partial charge in [0.25, 0.3) is 0 Å². The molecule has 1 aliphatic rings. The van der Waals surface area contributed by atoms with Gasteiger partial charge in [-0.05, 0) is 79.1 Å². The molecule has 4 aromatic rings. The van der Waals surface area contributed by atoms with Crippen LogP contribution in [0.2, 0.25) is 5.02 Å². The normalized spacial score (nSPS) is 14.7. The molecule has 0 spiro atoms. The van der Waals surface area contributed by atoms with Crippen LogP contribution in [0.1, 0.15) is 35.5 Å². The molecule has 0 aliphatic heterocycles. The zero-order valence-corrected chi connectivity index (χ0v) is 24.3. The summed E-state index contributed by atoms with van der Waals surface area (Å²) in [5, 5.41) is 11.6. The van der Waals surface area contributed by atoms with E-state index in [0.29, 0.717) is 38.1 Å². The van der Waals surface area contributed by atoms with E-state index in [0.717, 1.165) is 24.6 Å². The highest BCUT2D eigenvalue weighted by molar-refractivity contribution is 7.98. The van der Waals surface area contributed by atoms with Crippen LogP contribution < -0.4 is 16.6 Å². The molecule has 220 valence electrons. The van der Waals surface area contributed by atoms with Gasteiger partial charge >= 0.3 is 6.18 Å². The standard InChI is InChI=1S/C30H28ClF4N5OS/c1-17-38-27(30(33,34)35)15-39(17)24-8-3-18(19-11-23(32)22(16-41)26(13-19)42-2)12-25(24)40(37)28(14-36)29(9-10-29)20-4-6-21(31)7-5-20/h3-8,11-15,41H,9-10,16,36-37H2,1-2H3/b28-14-. The molecule has 0 saturated heterocycles. The van der Waals surface area contributed by atoms with Gasteiger partial charge in [0.1, 0.15) is 11.6 Å². The molecule has 0 atom stereocenters. The lowest BCUT2D eigenvalue weighted by Crippen LogP contribution is -2.37. The summed E-state index contributed by atoms with van der Waals surface area (Å²) in [7, 11) is 0. The Kier molecular flexibility index (Phi) is 8.06. The van der Waals surface area contributed by atoms with Gasteiger partial charge in [-0.15, -0.1) is 11.8 Å². The van der Waals surface area contributed by atoms with Gasteiger partial charge in [0, 0.05) is 33.3 Å². The first-order valence-electron chi connectivity index (χ1n) is 12.9. The number of nitrogens with two attached hydrogens (primary N) is 2. The summed E-state index contributed by atoms with van der Waals surface area (Å²) in [6, 6.07) is 15.4. The van der Waals surface area contributed by atoms with E-state index in [2.05, 4.69) is 4.98 Å². The predicted molar refractivity (Wildman–Crippen MR) is 158 cm³/mol. The van der Waals surface area contributed by atoms with Crippen LogP contribution in [-0.4, -0.2) is 20.9 Å². The second kappa shape index (κ2) is 11.3. The number of hydrazine groups is 1. The summed E-state index contributed by atoms with van der Waals surface area (Å²) in [6.45, 7) is 1.01. The van der Waals surface area contributed by atoms with Crippen LogP contribution >= 0.6 is 23.4 Å². The van der Waals surface area contributed by atoms with Gasteiger partial charge in [-0.2, -0.15) is 13.2 Å². The van der Waals surface area contributed by atoms with Crippen LogP contribution in [0.25, 0.3) is 16.8 Å². The van der Waals surface area contributed by atoms with E-state index >= 15 is 0 Å².